The van der Waals surface area contributed by atoms with Crippen molar-refractivity contribution >= 4 is 18.0 Å². The molecule has 13 heteroatoms. The topological polar surface area (TPSA) is 204 Å². The minimum absolute atomic E-state index is 0.0246. The molecule has 1 saturated heterocycles. The summed E-state index contributed by atoms with van der Waals surface area (Å²) in [5.74, 6) is -4.74. The van der Waals surface area contributed by atoms with Crippen LogP contribution in [0.1, 0.15) is 18.9 Å². The molecular weight excluding hydrogens is 456 g/mol. The zero-order valence-electron chi connectivity index (χ0n) is 18.5. The van der Waals surface area contributed by atoms with Gasteiger partial charge in [0.25, 0.3) is 5.79 Å². The van der Waals surface area contributed by atoms with Gasteiger partial charge in [0.2, 0.25) is 5.91 Å². The molecule has 1 heterocycles. The number of benzene rings is 1. The molecule has 190 valence electrons. The van der Waals surface area contributed by atoms with Crippen LogP contribution >= 0.6 is 0 Å². The first-order chi connectivity index (χ1) is 16.1. The second kappa shape index (κ2) is 12.6. The summed E-state index contributed by atoms with van der Waals surface area (Å²) in [6.45, 7) is -0.152. The third kappa shape index (κ3) is 7.35. The monoisotopic (exact) mass is 486 g/mol. The van der Waals surface area contributed by atoms with Crippen LogP contribution < -0.4 is 10.6 Å². The van der Waals surface area contributed by atoms with E-state index in [4.69, 9.17) is 19.3 Å². The Morgan fingerprint density at radius 3 is 2.50 bits per heavy atom. The van der Waals surface area contributed by atoms with Gasteiger partial charge in [-0.2, -0.15) is 0 Å². The maximum Gasteiger partial charge on any atom is 0.407 e. The Morgan fingerprint density at radius 1 is 1.21 bits per heavy atom. The number of aliphatic hydroxyl groups is 5. The average Bonchev–Trinajstić information content (AvgIpc) is 2.82. The van der Waals surface area contributed by atoms with Gasteiger partial charge >= 0.3 is 12.1 Å². The SMILES string of the molecule is CCOC(=O)C1(O)C[C@H](O)[C@@H](NC(=O)CNC(=O)OCc2ccccc2)[C@H]([C@H](O)[C@H](O)CO)O1. The summed E-state index contributed by atoms with van der Waals surface area (Å²) in [5.41, 5.74) is 0.734. The number of alkyl carbamates (subject to hydrolysis) is 1. The smallest absolute Gasteiger partial charge is 0.407 e. The minimum Gasteiger partial charge on any atom is -0.462 e. The molecule has 1 aliphatic heterocycles. The van der Waals surface area contributed by atoms with Crippen LogP contribution in [0.5, 0.6) is 0 Å². The van der Waals surface area contributed by atoms with Gasteiger partial charge in [0.1, 0.15) is 31.5 Å². The maximum atomic E-state index is 12.3. The van der Waals surface area contributed by atoms with Gasteiger partial charge in [-0.1, -0.05) is 30.3 Å². The molecule has 0 aromatic heterocycles. The normalized spacial score (nSPS) is 26.1. The zero-order chi connectivity index (χ0) is 25.3. The van der Waals surface area contributed by atoms with Crippen molar-refractivity contribution in [3.63, 3.8) is 0 Å². The van der Waals surface area contributed by atoms with Crippen LogP contribution in [0.3, 0.4) is 0 Å². The molecule has 6 atom stereocenters. The van der Waals surface area contributed by atoms with Gasteiger partial charge in [-0.05, 0) is 12.5 Å². The van der Waals surface area contributed by atoms with Gasteiger partial charge in [-0.3, -0.25) is 4.79 Å². The third-order valence-corrected chi connectivity index (χ3v) is 5.03. The van der Waals surface area contributed by atoms with Crippen molar-refractivity contribution in [2.75, 3.05) is 19.8 Å². The number of hydrogen-bond donors (Lipinski definition) is 7. The van der Waals surface area contributed by atoms with Gasteiger partial charge < -0.3 is 50.4 Å². The molecule has 1 fully saturated rings. The van der Waals surface area contributed by atoms with E-state index in [0.29, 0.717) is 0 Å². The summed E-state index contributed by atoms with van der Waals surface area (Å²) in [4.78, 5) is 36.3. The minimum atomic E-state index is -2.67. The number of carbonyl (C=O) groups is 3. The van der Waals surface area contributed by atoms with Crippen LogP contribution in [0, 0.1) is 0 Å². The standard InChI is InChI=1S/C21H30N2O11/c1-2-32-19(29)21(31)8-13(25)16(18(34-21)17(28)14(26)10-24)23-15(27)9-22-20(30)33-11-12-6-4-3-5-7-12/h3-7,13-14,16-18,24-26,28,31H,2,8-11H2,1H3,(H,22,30)(H,23,27)/t13-,14+,16+,17+,18+,21?/m0/s1. The molecule has 13 nitrogen and oxygen atoms in total. The lowest BCUT2D eigenvalue weighted by Gasteiger charge is -2.45. The first-order valence-electron chi connectivity index (χ1n) is 10.6. The van der Waals surface area contributed by atoms with Gasteiger partial charge in [-0.15, -0.1) is 0 Å². The summed E-state index contributed by atoms with van der Waals surface area (Å²) < 4.78 is 14.9. The molecule has 2 amide bonds. The molecular formula is C21H30N2O11. The summed E-state index contributed by atoms with van der Waals surface area (Å²) >= 11 is 0. The fourth-order valence-electron chi connectivity index (χ4n) is 3.30. The molecule has 34 heavy (non-hydrogen) atoms. The number of rotatable bonds is 10. The van der Waals surface area contributed by atoms with Crippen LogP contribution in [0.4, 0.5) is 4.79 Å². The van der Waals surface area contributed by atoms with E-state index >= 15 is 0 Å². The molecule has 0 spiro atoms. The molecule has 0 bridgehead atoms. The summed E-state index contributed by atoms with van der Waals surface area (Å²) in [6, 6.07) is 7.39. The van der Waals surface area contributed by atoms with Crippen molar-refractivity contribution in [3.8, 4) is 0 Å². The first-order valence-corrected chi connectivity index (χ1v) is 10.6. The summed E-state index contributed by atoms with van der Waals surface area (Å²) in [6.07, 6.45) is -8.68. The lowest BCUT2D eigenvalue weighted by Crippen LogP contribution is -2.68. The lowest BCUT2D eigenvalue weighted by atomic mass is 9.88. The fourth-order valence-corrected chi connectivity index (χ4v) is 3.30. The van der Waals surface area contributed by atoms with Crippen molar-refractivity contribution in [3.05, 3.63) is 35.9 Å². The summed E-state index contributed by atoms with van der Waals surface area (Å²) in [5, 5.41) is 54.8. The Kier molecular flexibility index (Phi) is 10.2. The average molecular weight is 486 g/mol. The highest BCUT2D eigenvalue weighted by molar-refractivity contribution is 5.82. The van der Waals surface area contributed by atoms with E-state index < -0.39 is 73.8 Å². The van der Waals surface area contributed by atoms with E-state index in [1.165, 1.54) is 6.92 Å². The van der Waals surface area contributed by atoms with Crippen molar-refractivity contribution in [1.29, 1.82) is 0 Å². The third-order valence-electron chi connectivity index (χ3n) is 5.03. The van der Waals surface area contributed by atoms with Gasteiger partial charge in [0.05, 0.1) is 25.4 Å². The van der Waals surface area contributed by atoms with Crippen molar-refractivity contribution in [2.24, 2.45) is 0 Å². The molecule has 1 aliphatic rings. The quantitative estimate of drug-likeness (QED) is 0.172. The van der Waals surface area contributed by atoms with Crippen molar-refractivity contribution < 1.29 is 54.1 Å². The Hall–Kier alpha value is -2.81. The van der Waals surface area contributed by atoms with E-state index in [1.54, 1.807) is 30.3 Å². The number of amides is 2. The molecule has 1 aromatic carbocycles. The highest BCUT2D eigenvalue weighted by Gasteiger charge is 2.54. The van der Waals surface area contributed by atoms with Crippen molar-refractivity contribution in [1.82, 2.24) is 10.6 Å². The largest absolute Gasteiger partial charge is 0.462 e. The van der Waals surface area contributed by atoms with Gasteiger partial charge in [0, 0.05) is 6.42 Å². The molecule has 2 rings (SSSR count). The molecule has 1 aromatic rings. The highest BCUT2D eigenvalue weighted by atomic mass is 16.7. The highest BCUT2D eigenvalue weighted by Crippen LogP contribution is 2.31. The Balaban J connectivity index is 2.00. The van der Waals surface area contributed by atoms with E-state index in [0.717, 1.165) is 5.56 Å². The number of hydrogen-bond acceptors (Lipinski definition) is 11. The van der Waals surface area contributed by atoms with Crippen LogP contribution in [0.2, 0.25) is 0 Å². The van der Waals surface area contributed by atoms with Crippen LogP contribution in [-0.2, 0) is 30.4 Å². The predicted octanol–water partition coefficient (Wildman–Crippen LogP) is -2.49. The van der Waals surface area contributed by atoms with Gasteiger partial charge in [-0.25, -0.2) is 9.59 Å². The van der Waals surface area contributed by atoms with E-state index in [9.17, 15) is 34.8 Å². The fraction of sp³-hybridized carbons (Fsp3) is 0.571. The second-order valence-electron chi connectivity index (χ2n) is 7.61. The number of esters is 1. The van der Waals surface area contributed by atoms with E-state index in [1.807, 2.05) is 0 Å². The Labute approximate surface area is 195 Å². The number of nitrogens with one attached hydrogen (secondary N) is 2. The molecule has 1 unspecified atom stereocenters. The molecule has 0 saturated carbocycles. The Bertz CT molecular complexity index is 824. The predicted molar refractivity (Wildman–Crippen MR) is 113 cm³/mol. The van der Waals surface area contributed by atoms with Crippen LogP contribution in [0.25, 0.3) is 0 Å². The first kappa shape index (κ1) is 27.4. The Morgan fingerprint density at radius 2 is 1.88 bits per heavy atom. The van der Waals surface area contributed by atoms with Crippen LogP contribution in [-0.4, -0.2) is 99.5 Å². The van der Waals surface area contributed by atoms with Gasteiger partial charge in [0.15, 0.2) is 0 Å². The van der Waals surface area contributed by atoms with Crippen LogP contribution in [0.15, 0.2) is 30.3 Å². The maximum absolute atomic E-state index is 12.3. The van der Waals surface area contributed by atoms with E-state index in [2.05, 4.69) is 10.6 Å². The van der Waals surface area contributed by atoms with E-state index in [-0.39, 0.29) is 13.2 Å². The molecule has 0 aliphatic carbocycles. The van der Waals surface area contributed by atoms with Crippen molar-refractivity contribution in [2.45, 2.75) is 56.2 Å². The molecule has 0 radical (unpaired) electrons. The number of carbonyl (C=O) groups excluding carboxylic acids is 3. The summed E-state index contributed by atoms with van der Waals surface area (Å²) in [7, 11) is 0. The zero-order valence-corrected chi connectivity index (χ0v) is 18.5. The number of ether oxygens (including phenoxy) is 3. The number of aliphatic hydroxyl groups excluding tert-OH is 4. The molecule has 7 N–H and O–H groups in total. The second-order valence-corrected chi connectivity index (χ2v) is 7.61. The lowest BCUT2D eigenvalue weighted by molar-refractivity contribution is -0.297.